The Morgan fingerprint density at radius 1 is 1.21 bits per heavy atom. The van der Waals surface area contributed by atoms with Crippen molar-refractivity contribution in [2.24, 2.45) is 5.92 Å². The molecule has 1 atom stereocenters. The summed E-state index contributed by atoms with van der Waals surface area (Å²) in [6.07, 6.45) is 12.3. The average Bonchev–Trinajstić information content (AvgIpc) is 3.24. The minimum Gasteiger partial charge on any atom is -0.351 e. The summed E-state index contributed by atoms with van der Waals surface area (Å²) in [7, 11) is 0. The summed E-state index contributed by atoms with van der Waals surface area (Å²) >= 11 is 0. The molecular formula is C22H30N4O2. The number of piperidine rings is 1. The van der Waals surface area contributed by atoms with Crippen LogP contribution in [-0.2, 0) is 6.54 Å². The van der Waals surface area contributed by atoms with Crippen molar-refractivity contribution in [1.29, 1.82) is 0 Å². The molecule has 28 heavy (non-hydrogen) atoms. The molecule has 0 unspecified atom stereocenters. The fourth-order valence-corrected chi connectivity index (χ4v) is 4.49. The lowest BCUT2D eigenvalue weighted by Gasteiger charge is -2.31. The van der Waals surface area contributed by atoms with Crippen molar-refractivity contribution in [3.8, 4) is 0 Å². The number of nitrogens with zero attached hydrogens (tertiary/aromatic N) is 3. The molecule has 1 saturated heterocycles. The molecule has 3 heterocycles. The quantitative estimate of drug-likeness (QED) is 0.824. The Bertz CT molecular complexity index is 755. The summed E-state index contributed by atoms with van der Waals surface area (Å²) < 4.78 is 5.38. The van der Waals surface area contributed by atoms with Gasteiger partial charge in [0.15, 0.2) is 0 Å². The lowest BCUT2D eigenvalue weighted by Crippen LogP contribution is -2.34. The van der Waals surface area contributed by atoms with Gasteiger partial charge in [0, 0.05) is 44.0 Å². The number of rotatable bonds is 6. The highest BCUT2D eigenvalue weighted by atomic mass is 16.5. The smallest absolute Gasteiger partial charge is 0.289 e. The van der Waals surface area contributed by atoms with E-state index in [1.165, 1.54) is 37.7 Å². The molecule has 2 aromatic heterocycles. The lowest BCUT2D eigenvalue weighted by atomic mass is 9.89. The van der Waals surface area contributed by atoms with Crippen LogP contribution in [0.25, 0.3) is 0 Å². The van der Waals surface area contributed by atoms with Gasteiger partial charge in [-0.05, 0) is 49.8 Å². The van der Waals surface area contributed by atoms with E-state index in [1.54, 1.807) is 6.20 Å². The number of hydrogen-bond acceptors (Lipinski definition) is 5. The Kier molecular flexibility index (Phi) is 6.37. The first-order valence-corrected chi connectivity index (χ1v) is 10.6. The van der Waals surface area contributed by atoms with Gasteiger partial charge in [0.25, 0.3) is 5.91 Å². The molecule has 2 fully saturated rings. The first kappa shape index (κ1) is 19.1. The van der Waals surface area contributed by atoms with E-state index in [-0.39, 0.29) is 5.91 Å². The van der Waals surface area contributed by atoms with Crippen molar-refractivity contribution >= 4 is 5.91 Å². The zero-order valence-electron chi connectivity index (χ0n) is 16.5. The first-order chi connectivity index (χ1) is 13.8. The van der Waals surface area contributed by atoms with E-state index in [1.807, 2.05) is 18.3 Å². The molecule has 2 aromatic rings. The third-order valence-electron chi connectivity index (χ3n) is 6.08. The minimum atomic E-state index is -0.132. The van der Waals surface area contributed by atoms with Gasteiger partial charge >= 0.3 is 0 Å². The second-order valence-electron chi connectivity index (χ2n) is 8.27. The topological polar surface area (TPSA) is 71.3 Å². The van der Waals surface area contributed by atoms with E-state index < -0.39 is 0 Å². The van der Waals surface area contributed by atoms with Crippen LogP contribution in [0.15, 0.2) is 35.1 Å². The molecule has 1 aliphatic heterocycles. The van der Waals surface area contributed by atoms with Crippen molar-refractivity contribution in [2.75, 3.05) is 19.6 Å². The predicted octanol–water partition coefficient (Wildman–Crippen LogP) is 3.76. The molecule has 0 radical (unpaired) electrons. The van der Waals surface area contributed by atoms with Crippen LogP contribution in [0, 0.1) is 5.92 Å². The largest absolute Gasteiger partial charge is 0.351 e. The molecule has 6 heteroatoms. The third kappa shape index (κ3) is 4.98. The van der Waals surface area contributed by atoms with Gasteiger partial charge in [-0.3, -0.25) is 14.7 Å². The number of carbonyl (C=O) groups excluding carboxylic acids is 1. The van der Waals surface area contributed by atoms with Crippen LogP contribution in [0.5, 0.6) is 0 Å². The Hall–Kier alpha value is -2.21. The summed E-state index contributed by atoms with van der Waals surface area (Å²) in [6, 6.07) is 5.93. The van der Waals surface area contributed by atoms with Crippen molar-refractivity contribution in [2.45, 2.75) is 57.4 Å². The number of aromatic nitrogens is 2. The first-order valence-electron chi connectivity index (χ1n) is 10.6. The highest BCUT2D eigenvalue weighted by molar-refractivity contribution is 5.91. The van der Waals surface area contributed by atoms with Gasteiger partial charge in [-0.25, -0.2) is 0 Å². The molecule has 1 N–H and O–H groups in total. The highest BCUT2D eigenvalue weighted by Gasteiger charge is 2.25. The third-order valence-corrected chi connectivity index (χ3v) is 6.08. The van der Waals surface area contributed by atoms with Gasteiger partial charge in [0.1, 0.15) is 0 Å². The molecule has 150 valence electrons. The lowest BCUT2D eigenvalue weighted by molar-refractivity contribution is 0.0906. The van der Waals surface area contributed by atoms with Crippen molar-refractivity contribution in [3.63, 3.8) is 0 Å². The van der Waals surface area contributed by atoms with Crippen LogP contribution < -0.4 is 5.32 Å². The van der Waals surface area contributed by atoms with Gasteiger partial charge in [-0.1, -0.05) is 30.5 Å². The summed E-state index contributed by atoms with van der Waals surface area (Å²) in [5.74, 6) is 1.14. The van der Waals surface area contributed by atoms with E-state index in [4.69, 9.17) is 4.52 Å². The Morgan fingerprint density at radius 3 is 2.93 bits per heavy atom. The number of hydrogen-bond donors (Lipinski definition) is 1. The van der Waals surface area contributed by atoms with E-state index in [0.717, 1.165) is 44.7 Å². The maximum Gasteiger partial charge on any atom is 0.289 e. The van der Waals surface area contributed by atoms with Gasteiger partial charge < -0.3 is 9.84 Å². The Labute approximate surface area is 166 Å². The molecule has 1 saturated carbocycles. The van der Waals surface area contributed by atoms with Gasteiger partial charge in [-0.15, -0.1) is 0 Å². The molecular weight excluding hydrogens is 352 g/mol. The standard InChI is InChI=1S/C22H30N4O2/c27-22(24-14-17-6-2-1-3-7-17)21-12-20(25-28-21)19-9-5-11-26(16-19)15-18-8-4-10-23-13-18/h4,8,10,12-13,17,19H,1-3,5-7,9,11,14-16H2,(H,24,27)/t19-/m0/s1. The van der Waals surface area contributed by atoms with Crippen LogP contribution in [0.2, 0.25) is 0 Å². The molecule has 1 amide bonds. The van der Waals surface area contributed by atoms with Gasteiger partial charge in [-0.2, -0.15) is 0 Å². The minimum absolute atomic E-state index is 0.132. The Morgan fingerprint density at radius 2 is 2.11 bits per heavy atom. The second-order valence-corrected chi connectivity index (χ2v) is 8.27. The molecule has 0 aromatic carbocycles. The SMILES string of the molecule is O=C(NCC1CCCCC1)c1cc([C@H]2CCCN(Cc3cccnc3)C2)no1. The van der Waals surface area contributed by atoms with E-state index in [2.05, 4.69) is 26.4 Å². The Balaban J connectivity index is 1.30. The molecule has 4 rings (SSSR count). The van der Waals surface area contributed by atoms with Crippen LogP contribution >= 0.6 is 0 Å². The summed E-state index contributed by atoms with van der Waals surface area (Å²) in [5, 5.41) is 7.26. The zero-order valence-corrected chi connectivity index (χ0v) is 16.5. The molecule has 0 bridgehead atoms. The van der Waals surface area contributed by atoms with Crippen molar-refractivity contribution in [3.05, 3.63) is 47.6 Å². The normalized spacial score (nSPS) is 21.5. The van der Waals surface area contributed by atoms with Crippen molar-refractivity contribution in [1.82, 2.24) is 20.4 Å². The zero-order chi connectivity index (χ0) is 19.2. The van der Waals surface area contributed by atoms with Crippen LogP contribution in [0.1, 0.15) is 72.7 Å². The van der Waals surface area contributed by atoms with E-state index in [9.17, 15) is 4.79 Å². The molecule has 2 aliphatic rings. The number of carbonyl (C=O) groups is 1. The average molecular weight is 383 g/mol. The van der Waals surface area contributed by atoms with Gasteiger partial charge in [0.2, 0.25) is 5.76 Å². The summed E-state index contributed by atoms with van der Waals surface area (Å²) in [5.41, 5.74) is 2.13. The fourth-order valence-electron chi connectivity index (χ4n) is 4.49. The summed E-state index contributed by atoms with van der Waals surface area (Å²) in [6.45, 7) is 3.66. The molecule has 1 aliphatic carbocycles. The second kappa shape index (κ2) is 9.32. The van der Waals surface area contributed by atoms with E-state index >= 15 is 0 Å². The van der Waals surface area contributed by atoms with Crippen LogP contribution in [-0.4, -0.2) is 40.6 Å². The highest BCUT2D eigenvalue weighted by Crippen LogP contribution is 2.28. The maximum atomic E-state index is 12.4. The van der Waals surface area contributed by atoms with E-state index in [0.29, 0.717) is 17.6 Å². The number of likely N-dealkylation sites (tertiary alicyclic amines) is 1. The van der Waals surface area contributed by atoms with Gasteiger partial charge in [0.05, 0.1) is 5.69 Å². The fraction of sp³-hybridized carbons (Fsp3) is 0.591. The monoisotopic (exact) mass is 382 g/mol. The molecule has 6 nitrogen and oxygen atoms in total. The predicted molar refractivity (Wildman–Crippen MR) is 107 cm³/mol. The number of pyridine rings is 1. The maximum absolute atomic E-state index is 12.4. The summed E-state index contributed by atoms with van der Waals surface area (Å²) in [4.78, 5) is 19.1. The van der Waals surface area contributed by atoms with Crippen molar-refractivity contribution < 1.29 is 9.32 Å². The van der Waals surface area contributed by atoms with Crippen LogP contribution in [0.3, 0.4) is 0 Å². The number of amides is 1. The van der Waals surface area contributed by atoms with Crippen LogP contribution in [0.4, 0.5) is 0 Å². The number of nitrogens with one attached hydrogen (secondary N) is 1. The molecule has 0 spiro atoms.